The molecule has 1 N–H and O–H groups in total. The monoisotopic (exact) mass is 430 g/mol. The number of nitrogens with zero attached hydrogens (tertiary/aromatic N) is 4. The zero-order valence-electron chi connectivity index (χ0n) is 18.0. The van der Waals surface area contributed by atoms with Crippen molar-refractivity contribution in [3.63, 3.8) is 0 Å². The van der Waals surface area contributed by atoms with Gasteiger partial charge in [0.15, 0.2) is 0 Å². The molecule has 0 amide bonds. The number of aryl methyl sites for hydroxylation is 2. The molecule has 0 aliphatic heterocycles. The van der Waals surface area contributed by atoms with Crippen molar-refractivity contribution in [1.82, 2.24) is 14.1 Å². The zero-order chi connectivity index (χ0) is 22.8. The molecule has 6 nitrogen and oxygen atoms in total. The maximum Gasteiger partial charge on any atom is 0.260 e. The Kier molecular flexibility index (Phi) is 5.73. The lowest BCUT2D eigenvalue weighted by molar-refractivity contribution is 0.319. The van der Waals surface area contributed by atoms with E-state index in [-0.39, 0.29) is 28.7 Å². The van der Waals surface area contributed by atoms with Gasteiger partial charge < -0.3 is 14.3 Å². The van der Waals surface area contributed by atoms with E-state index in [0.29, 0.717) is 5.56 Å². The maximum absolute atomic E-state index is 13.3. The summed E-state index contributed by atoms with van der Waals surface area (Å²) in [5.41, 5.74) is 4.37. The van der Waals surface area contributed by atoms with Crippen LogP contribution in [-0.4, -0.2) is 25.0 Å². The lowest BCUT2D eigenvalue weighted by Gasteiger charge is -2.17. The summed E-state index contributed by atoms with van der Waals surface area (Å²) in [7, 11) is 0. The van der Waals surface area contributed by atoms with Gasteiger partial charge in [-0.1, -0.05) is 23.4 Å². The quantitative estimate of drug-likeness (QED) is 0.285. The largest absolute Gasteiger partial charge is 0.410 e. The highest BCUT2D eigenvalue weighted by Crippen LogP contribution is 2.20. The third-order valence-electron chi connectivity index (χ3n) is 5.56. The molecule has 4 rings (SSSR count). The van der Waals surface area contributed by atoms with Gasteiger partial charge in [-0.3, -0.25) is 4.79 Å². The van der Waals surface area contributed by atoms with Crippen molar-refractivity contribution in [1.29, 1.82) is 0 Å². The smallest absolute Gasteiger partial charge is 0.260 e. The van der Waals surface area contributed by atoms with Crippen LogP contribution >= 0.6 is 0 Å². The van der Waals surface area contributed by atoms with Crippen molar-refractivity contribution in [2.75, 3.05) is 0 Å². The standard InChI is InChI=1S/C25H23FN4O2/c1-16-13-20(8-11-23(16)29-14-17(2)27-15-29)24(28-32)22-5-4-12-30(25(22)31)18(3)19-6-9-21(26)10-7-19/h4-15,18,32H,1-3H3/b28-24+. The Morgan fingerprint density at radius 2 is 1.88 bits per heavy atom. The second kappa shape index (κ2) is 8.63. The average molecular weight is 430 g/mol. The predicted molar refractivity (Wildman–Crippen MR) is 121 cm³/mol. The molecule has 0 saturated heterocycles. The lowest BCUT2D eigenvalue weighted by Crippen LogP contribution is -2.29. The molecule has 2 aromatic carbocycles. The molecule has 7 heteroatoms. The molecule has 4 aromatic rings. The minimum atomic E-state index is -0.332. The number of benzene rings is 2. The molecular weight excluding hydrogens is 407 g/mol. The predicted octanol–water partition coefficient (Wildman–Crippen LogP) is 4.63. The molecule has 0 saturated carbocycles. The second-order valence-electron chi connectivity index (χ2n) is 7.73. The first-order valence-corrected chi connectivity index (χ1v) is 10.2. The molecule has 32 heavy (non-hydrogen) atoms. The molecule has 0 aliphatic carbocycles. The van der Waals surface area contributed by atoms with Crippen LogP contribution in [-0.2, 0) is 0 Å². The fourth-order valence-electron chi connectivity index (χ4n) is 3.81. The second-order valence-corrected chi connectivity index (χ2v) is 7.73. The Labute approximate surface area is 184 Å². The highest BCUT2D eigenvalue weighted by Gasteiger charge is 2.18. The fraction of sp³-hybridized carbons (Fsp3) is 0.160. The van der Waals surface area contributed by atoms with E-state index in [1.165, 1.54) is 12.1 Å². The molecule has 1 atom stereocenters. The number of aromatic nitrogens is 3. The van der Waals surface area contributed by atoms with Gasteiger partial charge in [-0.2, -0.15) is 0 Å². The van der Waals surface area contributed by atoms with Crippen LogP contribution in [0.4, 0.5) is 4.39 Å². The van der Waals surface area contributed by atoms with Crippen LogP contribution in [0.25, 0.3) is 5.69 Å². The van der Waals surface area contributed by atoms with Gasteiger partial charge in [0.05, 0.1) is 23.6 Å². The molecule has 0 bridgehead atoms. The first-order chi connectivity index (χ1) is 15.4. The molecule has 0 radical (unpaired) electrons. The summed E-state index contributed by atoms with van der Waals surface area (Å²) in [5.74, 6) is -0.332. The minimum Gasteiger partial charge on any atom is -0.410 e. The van der Waals surface area contributed by atoms with Crippen molar-refractivity contribution in [3.05, 3.63) is 117 Å². The number of oxime groups is 1. The van der Waals surface area contributed by atoms with Gasteiger partial charge in [0, 0.05) is 23.6 Å². The molecule has 0 fully saturated rings. The van der Waals surface area contributed by atoms with Gasteiger partial charge in [-0.25, -0.2) is 9.37 Å². The Hall–Kier alpha value is -4.00. The Bertz CT molecular complexity index is 1350. The third kappa shape index (κ3) is 3.97. The van der Waals surface area contributed by atoms with Crippen LogP contribution in [0.2, 0.25) is 0 Å². The van der Waals surface area contributed by atoms with Gasteiger partial charge in [-0.05, 0) is 68.3 Å². The van der Waals surface area contributed by atoms with E-state index in [1.807, 2.05) is 49.7 Å². The number of halogens is 1. The lowest BCUT2D eigenvalue weighted by atomic mass is 10.00. The number of hydrogen-bond donors (Lipinski definition) is 1. The number of rotatable bonds is 5. The van der Waals surface area contributed by atoms with E-state index >= 15 is 0 Å². The van der Waals surface area contributed by atoms with Crippen LogP contribution in [0.15, 0.2) is 83.3 Å². The van der Waals surface area contributed by atoms with Crippen LogP contribution in [0.5, 0.6) is 0 Å². The van der Waals surface area contributed by atoms with Crippen molar-refractivity contribution < 1.29 is 9.60 Å². The molecule has 162 valence electrons. The van der Waals surface area contributed by atoms with Crippen LogP contribution in [0.1, 0.15) is 40.9 Å². The average Bonchev–Trinajstić information content (AvgIpc) is 3.21. The van der Waals surface area contributed by atoms with Gasteiger partial charge in [-0.15, -0.1) is 0 Å². The Balaban J connectivity index is 1.73. The summed E-state index contributed by atoms with van der Waals surface area (Å²) in [6.45, 7) is 5.73. The molecule has 2 heterocycles. The first kappa shape index (κ1) is 21.2. The van der Waals surface area contributed by atoms with Gasteiger partial charge in [0.1, 0.15) is 11.5 Å². The summed E-state index contributed by atoms with van der Waals surface area (Å²) < 4.78 is 16.8. The number of hydrogen-bond acceptors (Lipinski definition) is 4. The van der Waals surface area contributed by atoms with Crippen LogP contribution in [0.3, 0.4) is 0 Å². The molecular formula is C25H23FN4O2. The molecule has 1 unspecified atom stereocenters. The van der Waals surface area contributed by atoms with Crippen molar-refractivity contribution in [2.45, 2.75) is 26.8 Å². The number of imidazole rings is 1. The van der Waals surface area contributed by atoms with E-state index in [0.717, 1.165) is 22.5 Å². The normalized spacial score (nSPS) is 12.7. The van der Waals surface area contributed by atoms with Crippen molar-refractivity contribution >= 4 is 5.71 Å². The van der Waals surface area contributed by atoms with E-state index in [9.17, 15) is 14.4 Å². The summed E-state index contributed by atoms with van der Waals surface area (Å²) in [5, 5.41) is 13.3. The highest BCUT2D eigenvalue weighted by atomic mass is 19.1. The van der Waals surface area contributed by atoms with E-state index in [4.69, 9.17) is 0 Å². The molecule has 0 spiro atoms. The Morgan fingerprint density at radius 3 is 2.50 bits per heavy atom. The van der Waals surface area contributed by atoms with E-state index in [1.54, 1.807) is 41.4 Å². The van der Waals surface area contributed by atoms with E-state index in [2.05, 4.69) is 10.1 Å². The van der Waals surface area contributed by atoms with Crippen molar-refractivity contribution in [3.8, 4) is 5.69 Å². The Morgan fingerprint density at radius 1 is 1.12 bits per heavy atom. The van der Waals surface area contributed by atoms with Crippen molar-refractivity contribution in [2.24, 2.45) is 5.16 Å². The zero-order valence-corrected chi connectivity index (χ0v) is 18.0. The first-order valence-electron chi connectivity index (χ1n) is 10.2. The fourth-order valence-corrected chi connectivity index (χ4v) is 3.81. The molecule has 2 aromatic heterocycles. The number of pyridine rings is 1. The topological polar surface area (TPSA) is 72.4 Å². The third-order valence-corrected chi connectivity index (χ3v) is 5.56. The SMILES string of the molecule is Cc1cn(-c2ccc(/C(=N\O)c3cccn(C(C)c4ccc(F)cc4)c3=O)cc2C)cn1. The van der Waals surface area contributed by atoms with Crippen LogP contribution < -0.4 is 5.56 Å². The van der Waals surface area contributed by atoms with Gasteiger partial charge in [0.25, 0.3) is 5.56 Å². The van der Waals surface area contributed by atoms with Gasteiger partial charge >= 0.3 is 0 Å². The van der Waals surface area contributed by atoms with E-state index < -0.39 is 0 Å². The summed E-state index contributed by atoms with van der Waals surface area (Å²) in [6, 6.07) is 14.7. The van der Waals surface area contributed by atoms with Crippen LogP contribution in [0, 0.1) is 19.7 Å². The summed E-state index contributed by atoms with van der Waals surface area (Å²) >= 11 is 0. The van der Waals surface area contributed by atoms with Gasteiger partial charge in [0.2, 0.25) is 0 Å². The summed E-state index contributed by atoms with van der Waals surface area (Å²) in [4.78, 5) is 17.5. The summed E-state index contributed by atoms with van der Waals surface area (Å²) in [6.07, 6.45) is 5.34. The molecule has 0 aliphatic rings. The highest BCUT2D eigenvalue weighted by molar-refractivity contribution is 6.12. The maximum atomic E-state index is 13.3. The minimum absolute atomic E-state index is 0.187.